The molecule has 0 N–H and O–H groups in total. The maximum absolute atomic E-state index is 11.2. The summed E-state index contributed by atoms with van der Waals surface area (Å²) in [6, 6.07) is 0. The molecule has 2 aliphatic carbocycles. The third-order valence-electron chi connectivity index (χ3n) is 3.24. The fourth-order valence-electron chi connectivity index (χ4n) is 2.37. The van der Waals surface area contributed by atoms with E-state index in [2.05, 4.69) is 18.7 Å². The van der Waals surface area contributed by atoms with E-state index in [1.165, 1.54) is 6.42 Å². The number of hydrogen-bond acceptors (Lipinski definition) is 2. The van der Waals surface area contributed by atoms with E-state index < -0.39 is 0 Å². The molecule has 14 heavy (non-hydrogen) atoms. The van der Waals surface area contributed by atoms with E-state index in [1.54, 1.807) is 6.92 Å². The predicted octanol–water partition coefficient (Wildman–Crippen LogP) is 2.46. The van der Waals surface area contributed by atoms with Gasteiger partial charge in [-0.15, -0.1) is 0 Å². The minimum absolute atomic E-state index is 0.162. The normalized spacial score (nSPS) is 33.4. The summed E-state index contributed by atoms with van der Waals surface area (Å²) in [5.74, 6) is 0.474. The van der Waals surface area contributed by atoms with Gasteiger partial charge in [-0.3, -0.25) is 0 Å². The minimum Gasteiger partial charge on any atom is -0.461 e. The summed E-state index contributed by atoms with van der Waals surface area (Å²) < 4.78 is 5.22. The van der Waals surface area contributed by atoms with Crippen LogP contribution in [0.4, 0.5) is 0 Å². The van der Waals surface area contributed by atoms with Crippen LogP contribution in [-0.4, -0.2) is 12.6 Å². The van der Waals surface area contributed by atoms with Gasteiger partial charge >= 0.3 is 5.97 Å². The summed E-state index contributed by atoms with van der Waals surface area (Å²) in [5, 5.41) is 0. The topological polar surface area (TPSA) is 26.3 Å². The molecule has 76 valence electrons. The number of allylic oxidation sites excluding steroid dienone is 1. The Balaban J connectivity index is 1.90. The zero-order chi connectivity index (χ0) is 10.2. The molecule has 2 rings (SSSR count). The second-order valence-corrected chi connectivity index (χ2v) is 4.58. The zero-order valence-corrected chi connectivity index (χ0v) is 8.58. The van der Waals surface area contributed by atoms with E-state index in [9.17, 15) is 4.79 Å². The largest absolute Gasteiger partial charge is 0.461 e. The first-order valence-electron chi connectivity index (χ1n) is 5.13. The standard InChI is InChI=1S/C12H16O2/c1-9(2)11(13)14-8-12-5-3-10(7-12)4-6-12/h3,5,10H,1,4,6-8H2,2H3. The molecule has 2 aliphatic rings. The lowest BCUT2D eigenvalue weighted by molar-refractivity contribution is -0.141. The average molecular weight is 192 g/mol. The highest BCUT2D eigenvalue weighted by atomic mass is 16.5. The molecule has 0 heterocycles. The minimum atomic E-state index is -0.261. The van der Waals surface area contributed by atoms with Crippen molar-refractivity contribution in [3.63, 3.8) is 0 Å². The highest BCUT2D eigenvalue weighted by molar-refractivity contribution is 5.86. The summed E-state index contributed by atoms with van der Waals surface area (Å²) in [4.78, 5) is 11.2. The van der Waals surface area contributed by atoms with Crippen LogP contribution in [0.5, 0.6) is 0 Å². The van der Waals surface area contributed by atoms with E-state index >= 15 is 0 Å². The van der Waals surface area contributed by atoms with Crippen LogP contribution in [0.2, 0.25) is 0 Å². The third-order valence-corrected chi connectivity index (χ3v) is 3.24. The lowest BCUT2D eigenvalue weighted by Crippen LogP contribution is -2.22. The van der Waals surface area contributed by atoms with Crippen molar-refractivity contribution >= 4 is 5.97 Å². The van der Waals surface area contributed by atoms with Crippen LogP contribution in [-0.2, 0) is 9.53 Å². The second kappa shape index (κ2) is 3.26. The monoisotopic (exact) mass is 192 g/mol. The Hall–Kier alpha value is -1.05. The third kappa shape index (κ3) is 1.61. The fourth-order valence-corrected chi connectivity index (χ4v) is 2.37. The fraction of sp³-hybridized carbons (Fsp3) is 0.583. The van der Waals surface area contributed by atoms with Crippen LogP contribution in [0.3, 0.4) is 0 Å². The van der Waals surface area contributed by atoms with Crippen molar-refractivity contribution in [1.29, 1.82) is 0 Å². The highest BCUT2D eigenvalue weighted by Crippen LogP contribution is 2.49. The second-order valence-electron chi connectivity index (χ2n) is 4.58. The number of rotatable bonds is 3. The lowest BCUT2D eigenvalue weighted by Gasteiger charge is -2.22. The Morgan fingerprint density at radius 1 is 1.71 bits per heavy atom. The van der Waals surface area contributed by atoms with Gasteiger partial charge in [0.2, 0.25) is 0 Å². The molecule has 0 aromatic carbocycles. The van der Waals surface area contributed by atoms with Crippen molar-refractivity contribution in [2.24, 2.45) is 11.3 Å². The predicted molar refractivity (Wildman–Crippen MR) is 54.7 cm³/mol. The van der Waals surface area contributed by atoms with Gasteiger partial charge in [-0.25, -0.2) is 4.79 Å². The summed E-state index contributed by atoms with van der Waals surface area (Å²) in [6.07, 6.45) is 8.07. The molecule has 2 nitrogen and oxygen atoms in total. The summed E-state index contributed by atoms with van der Waals surface area (Å²) in [6.45, 7) is 5.78. The molecule has 1 saturated carbocycles. The van der Waals surface area contributed by atoms with E-state index in [4.69, 9.17) is 4.74 Å². The molecule has 0 spiro atoms. The van der Waals surface area contributed by atoms with E-state index in [0.29, 0.717) is 12.2 Å². The van der Waals surface area contributed by atoms with Gasteiger partial charge in [0, 0.05) is 11.0 Å². The SMILES string of the molecule is C=C(C)C(=O)OCC12C=CC(CC1)C2. The van der Waals surface area contributed by atoms with Crippen molar-refractivity contribution in [2.45, 2.75) is 26.2 Å². The molecule has 2 bridgehead atoms. The molecule has 0 aromatic rings. The number of hydrogen-bond donors (Lipinski definition) is 0. The molecule has 0 aliphatic heterocycles. The van der Waals surface area contributed by atoms with Gasteiger partial charge in [0.05, 0.1) is 0 Å². The first-order valence-corrected chi connectivity index (χ1v) is 5.13. The number of carbonyl (C=O) groups is 1. The number of fused-ring (bicyclic) bond motifs is 2. The van der Waals surface area contributed by atoms with Gasteiger partial charge in [-0.2, -0.15) is 0 Å². The van der Waals surface area contributed by atoms with Gasteiger partial charge in [0.1, 0.15) is 6.61 Å². The molecule has 2 heteroatoms. The maximum atomic E-state index is 11.2. The van der Waals surface area contributed by atoms with Gasteiger partial charge < -0.3 is 4.74 Å². The molecule has 1 fully saturated rings. The van der Waals surface area contributed by atoms with Crippen molar-refractivity contribution in [3.05, 3.63) is 24.3 Å². The van der Waals surface area contributed by atoms with Crippen molar-refractivity contribution in [2.75, 3.05) is 6.61 Å². The van der Waals surface area contributed by atoms with E-state index in [-0.39, 0.29) is 11.4 Å². The highest BCUT2D eigenvalue weighted by Gasteiger charge is 2.41. The molecular weight excluding hydrogens is 176 g/mol. The Morgan fingerprint density at radius 2 is 2.50 bits per heavy atom. The average Bonchev–Trinajstić information content (AvgIpc) is 2.74. The van der Waals surface area contributed by atoms with Crippen LogP contribution in [0.1, 0.15) is 26.2 Å². The number of esters is 1. The quantitative estimate of drug-likeness (QED) is 0.390. The first kappa shape index (κ1) is 9.50. The van der Waals surface area contributed by atoms with Gasteiger partial charge in [-0.1, -0.05) is 18.7 Å². The van der Waals surface area contributed by atoms with E-state index in [0.717, 1.165) is 18.8 Å². The molecule has 0 aromatic heterocycles. The summed E-state index contributed by atoms with van der Waals surface area (Å²) in [5.41, 5.74) is 0.647. The van der Waals surface area contributed by atoms with Crippen molar-refractivity contribution < 1.29 is 9.53 Å². The Bertz CT molecular complexity index is 303. The molecule has 2 atom stereocenters. The molecule has 0 radical (unpaired) electrons. The Morgan fingerprint density at radius 3 is 2.93 bits per heavy atom. The van der Waals surface area contributed by atoms with Gasteiger partial charge in [-0.05, 0) is 32.1 Å². The Labute approximate surface area is 84.6 Å². The zero-order valence-electron chi connectivity index (χ0n) is 8.58. The molecule has 0 amide bonds. The van der Waals surface area contributed by atoms with Crippen LogP contribution in [0.25, 0.3) is 0 Å². The van der Waals surface area contributed by atoms with Crippen LogP contribution >= 0.6 is 0 Å². The first-order chi connectivity index (χ1) is 6.61. The van der Waals surface area contributed by atoms with Crippen LogP contribution in [0, 0.1) is 11.3 Å². The summed E-state index contributed by atoms with van der Waals surface area (Å²) >= 11 is 0. The van der Waals surface area contributed by atoms with Crippen LogP contribution in [0.15, 0.2) is 24.3 Å². The van der Waals surface area contributed by atoms with Gasteiger partial charge in [0.25, 0.3) is 0 Å². The maximum Gasteiger partial charge on any atom is 0.333 e. The lowest BCUT2D eigenvalue weighted by atomic mass is 9.89. The Kier molecular flexibility index (Phi) is 2.22. The molecule has 0 saturated heterocycles. The summed E-state index contributed by atoms with van der Waals surface area (Å²) in [7, 11) is 0. The molecular formula is C12H16O2. The molecule has 2 unspecified atom stereocenters. The number of carbonyl (C=O) groups excluding carboxylic acids is 1. The van der Waals surface area contributed by atoms with Crippen LogP contribution < -0.4 is 0 Å². The van der Waals surface area contributed by atoms with Gasteiger partial charge in [0.15, 0.2) is 0 Å². The smallest absolute Gasteiger partial charge is 0.333 e. The van der Waals surface area contributed by atoms with E-state index in [1.807, 2.05) is 0 Å². The number of ether oxygens (including phenoxy) is 1. The van der Waals surface area contributed by atoms with Crippen molar-refractivity contribution in [3.8, 4) is 0 Å². The van der Waals surface area contributed by atoms with Crippen molar-refractivity contribution in [1.82, 2.24) is 0 Å².